The third-order valence-electron chi connectivity index (χ3n) is 4.67. The van der Waals surface area contributed by atoms with Crippen LogP contribution in [0.3, 0.4) is 0 Å². The maximum Gasteiger partial charge on any atom is 0.257 e. The Labute approximate surface area is 131 Å². The Morgan fingerprint density at radius 3 is 2.73 bits per heavy atom. The number of amides is 1. The number of hydrogen-bond acceptors (Lipinski definition) is 4. The van der Waals surface area contributed by atoms with Crippen LogP contribution < -0.4 is 4.74 Å². The number of aliphatic hydroxyl groups is 1. The highest BCUT2D eigenvalue weighted by atomic mass is 16.5. The van der Waals surface area contributed by atoms with Crippen LogP contribution in [0.25, 0.3) is 0 Å². The first-order valence-corrected chi connectivity index (χ1v) is 7.98. The van der Waals surface area contributed by atoms with E-state index in [1.807, 2.05) is 12.1 Å². The summed E-state index contributed by atoms with van der Waals surface area (Å²) in [5.74, 6) is 0.525. The average Bonchev–Trinajstić information content (AvgIpc) is 3.16. The number of ether oxygens (including phenoxy) is 1. The number of benzene rings is 1. The predicted octanol–water partition coefficient (Wildman–Crippen LogP) is 1.37. The number of para-hydroxylation sites is 1. The first-order chi connectivity index (χ1) is 10.6. The summed E-state index contributed by atoms with van der Waals surface area (Å²) in [5, 5.41) is 10.8. The first-order valence-electron chi connectivity index (χ1n) is 7.98. The Balaban J connectivity index is 1.67. The lowest BCUT2D eigenvalue weighted by atomic mass is 10.0. The van der Waals surface area contributed by atoms with Crippen LogP contribution in [0.5, 0.6) is 5.75 Å². The lowest BCUT2D eigenvalue weighted by Gasteiger charge is -2.28. The van der Waals surface area contributed by atoms with Gasteiger partial charge in [-0.05, 0) is 44.5 Å². The molecule has 0 unspecified atom stereocenters. The number of carbonyl (C=O) groups is 1. The average molecular weight is 304 g/mol. The molecule has 1 amide bonds. The van der Waals surface area contributed by atoms with E-state index in [0.29, 0.717) is 37.4 Å². The molecule has 2 saturated heterocycles. The fourth-order valence-electron chi connectivity index (χ4n) is 3.51. The van der Waals surface area contributed by atoms with E-state index in [-0.39, 0.29) is 5.91 Å². The molecular weight excluding hydrogens is 280 g/mol. The Kier molecular flexibility index (Phi) is 4.36. The number of rotatable bonds is 4. The van der Waals surface area contributed by atoms with Crippen molar-refractivity contribution in [3.05, 3.63) is 29.8 Å². The smallest absolute Gasteiger partial charge is 0.257 e. The van der Waals surface area contributed by atoms with Gasteiger partial charge in [0.2, 0.25) is 0 Å². The van der Waals surface area contributed by atoms with E-state index in [1.54, 1.807) is 24.1 Å². The van der Waals surface area contributed by atoms with E-state index in [0.717, 1.165) is 13.1 Å². The maximum absolute atomic E-state index is 12.7. The molecule has 2 aliphatic heterocycles. The van der Waals surface area contributed by atoms with Gasteiger partial charge in [-0.3, -0.25) is 4.79 Å². The van der Waals surface area contributed by atoms with Crippen molar-refractivity contribution >= 4 is 5.91 Å². The third-order valence-corrected chi connectivity index (χ3v) is 4.67. The Morgan fingerprint density at radius 1 is 1.27 bits per heavy atom. The number of carbonyl (C=O) groups excluding carboxylic acids is 1. The molecule has 0 spiro atoms. The normalized spacial score (nSPS) is 25.6. The Hall–Kier alpha value is -1.59. The SMILES string of the molecule is COc1ccccc1C(=O)N1CC[C@@](O)(CN2CCCC2)C1. The summed E-state index contributed by atoms with van der Waals surface area (Å²) in [5.41, 5.74) is -0.211. The number of nitrogens with zero attached hydrogens (tertiary/aromatic N) is 2. The molecule has 0 radical (unpaired) electrons. The summed E-state index contributed by atoms with van der Waals surface area (Å²) in [4.78, 5) is 16.7. The van der Waals surface area contributed by atoms with E-state index in [1.165, 1.54) is 12.8 Å². The van der Waals surface area contributed by atoms with Gasteiger partial charge in [-0.1, -0.05) is 12.1 Å². The van der Waals surface area contributed by atoms with Crippen LogP contribution in [0.2, 0.25) is 0 Å². The first kappa shape index (κ1) is 15.3. The molecule has 0 saturated carbocycles. The number of likely N-dealkylation sites (tertiary alicyclic amines) is 2. The van der Waals surface area contributed by atoms with Crippen molar-refractivity contribution in [2.24, 2.45) is 0 Å². The van der Waals surface area contributed by atoms with Crippen LogP contribution >= 0.6 is 0 Å². The van der Waals surface area contributed by atoms with Crippen LogP contribution in [0.15, 0.2) is 24.3 Å². The van der Waals surface area contributed by atoms with Crippen molar-refractivity contribution in [2.75, 3.05) is 39.8 Å². The van der Waals surface area contributed by atoms with E-state index < -0.39 is 5.60 Å². The number of β-amino-alcohol motifs (C(OH)–C–C–N with tert-alkyl or cyclic N) is 1. The van der Waals surface area contributed by atoms with E-state index in [4.69, 9.17) is 4.74 Å². The van der Waals surface area contributed by atoms with Crippen molar-refractivity contribution < 1.29 is 14.6 Å². The summed E-state index contributed by atoms with van der Waals surface area (Å²) in [7, 11) is 1.57. The highest BCUT2D eigenvalue weighted by Gasteiger charge is 2.40. The zero-order chi connectivity index (χ0) is 15.6. The minimum atomic E-state index is -0.776. The standard InChI is InChI=1S/C17H24N2O3/c1-22-15-7-3-2-6-14(15)16(20)19-11-8-17(21,13-19)12-18-9-4-5-10-18/h2-3,6-7,21H,4-5,8-13H2,1H3/t17-/m1/s1. The minimum Gasteiger partial charge on any atom is -0.496 e. The van der Waals surface area contributed by atoms with Crippen molar-refractivity contribution in [1.82, 2.24) is 9.80 Å². The summed E-state index contributed by atoms with van der Waals surface area (Å²) in [6, 6.07) is 7.25. The maximum atomic E-state index is 12.7. The lowest BCUT2D eigenvalue weighted by molar-refractivity contribution is 0.0175. The quantitative estimate of drug-likeness (QED) is 0.913. The van der Waals surface area contributed by atoms with E-state index >= 15 is 0 Å². The predicted molar refractivity (Wildman–Crippen MR) is 84.1 cm³/mol. The second-order valence-corrected chi connectivity index (χ2v) is 6.38. The van der Waals surface area contributed by atoms with E-state index in [2.05, 4.69) is 4.90 Å². The lowest BCUT2D eigenvalue weighted by Crippen LogP contribution is -2.45. The van der Waals surface area contributed by atoms with Gasteiger partial charge in [0.05, 0.1) is 24.8 Å². The number of methoxy groups -OCH3 is 1. The zero-order valence-corrected chi connectivity index (χ0v) is 13.1. The second-order valence-electron chi connectivity index (χ2n) is 6.38. The van der Waals surface area contributed by atoms with Crippen LogP contribution in [0.4, 0.5) is 0 Å². The van der Waals surface area contributed by atoms with Gasteiger partial charge in [0, 0.05) is 13.1 Å². The molecule has 1 N–H and O–H groups in total. The second kappa shape index (κ2) is 6.26. The highest BCUT2D eigenvalue weighted by Crippen LogP contribution is 2.27. The van der Waals surface area contributed by atoms with Gasteiger partial charge in [0.15, 0.2) is 0 Å². The molecule has 2 heterocycles. The minimum absolute atomic E-state index is 0.0604. The molecule has 5 nitrogen and oxygen atoms in total. The molecule has 1 atom stereocenters. The Bertz CT molecular complexity index is 542. The van der Waals surface area contributed by atoms with Gasteiger partial charge in [0.1, 0.15) is 5.75 Å². The summed E-state index contributed by atoms with van der Waals surface area (Å²) in [6.45, 7) is 3.79. The molecule has 0 aliphatic carbocycles. The van der Waals surface area contributed by atoms with Gasteiger partial charge >= 0.3 is 0 Å². The van der Waals surface area contributed by atoms with Gasteiger partial charge < -0.3 is 19.6 Å². The molecule has 0 aromatic heterocycles. The monoisotopic (exact) mass is 304 g/mol. The van der Waals surface area contributed by atoms with Crippen molar-refractivity contribution in [3.63, 3.8) is 0 Å². The fraction of sp³-hybridized carbons (Fsp3) is 0.588. The Morgan fingerprint density at radius 2 is 2.00 bits per heavy atom. The van der Waals surface area contributed by atoms with Crippen molar-refractivity contribution in [1.29, 1.82) is 0 Å². The molecule has 3 rings (SSSR count). The largest absolute Gasteiger partial charge is 0.496 e. The topological polar surface area (TPSA) is 53.0 Å². The number of hydrogen-bond donors (Lipinski definition) is 1. The van der Waals surface area contributed by atoms with Crippen LogP contribution in [0.1, 0.15) is 29.6 Å². The molecule has 1 aromatic carbocycles. The van der Waals surface area contributed by atoms with Gasteiger partial charge in [-0.25, -0.2) is 0 Å². The van der Waals surface area contributed by atoms with Gasteiger partial charge in [-0.2, -0.15) is 0 Å². The third kappa shape index (κ3) is 3.10. The molecule has 1 aromatic rings. The van der Waals surface area contributed by atoms with Crippen molar-refractivity contribution in [2.45, 2.75) is 24.9 Å². The summed E-state index contributed by atoms with van der Waals surface area (Å²) < 4.78 is 5.27. The van der Waals surface area contributed by atoms with Gasteiger partial charge in [-0.15, -0.1) is 0 Å². The molecule has 22 heavy (non-hydrogen) atoms. The van der Waals surface area contributed by atoms with Crippen molar-refractivity contribution in [3.8, 4) is 5.75 Å². The molecule has 0 bridgehead atoms. The van der Waals surface area contributed by atoms with Crippen LogP contribution in [-0.4, -0.2) is 66.2 Å². The molecule has 5 heteroatoms. The van der Waals surface area contributed by atoms with E-state index in [9.17, 15) is 9.90 Å². The molecular formula is C17H24N2O3. The molecule has 2 fully saturated rings. The summed E-state index contributed by atoms with van der Waals surface area (Å²) >= 11 is 0. The summed E-state index contributed by atoms with van der Waals surface area (Å²) in [6.07, 6.45) is 3.06. The fourth-order valence-corrected chi connectivity index (χ4v) is 3.51. The molecule has 2 aliphatic rings. The highest BCUT2D eigenvalue weighted by molar-refractivity contribution is 5.97. The zero-order valence-electron chi connectivity index (χ0n) is 13.1. The van der Waals surface area contributed by atoms with Crippen LogP contribution in [-0.2, 0) is 0 Å². The van der Waals surface area contributed by atoms with Crippen LogP contribution in [0, 0.1) is 0 Å². The molecule has 120 valence electrons. The van der Waals surface area contributed by atoms with Gasteiger partial charge in [0.25, 0.3) is 5.91 Å².